The number of aromatic amines is 1. The van der Waals surface area contributed by atoms with Gasteiger partial charge in [-0.25, -0.2) is 0 Å². The maximum Gasteiger partial charge on any atom is 0.119 e. The van der Waals surface area contributed by atoms with E-state index in [9.17, 15) is 0 Å². The summed E-state index contributed by atoms with van der Waals surface area (Å²) in [6.07, 6.45) is 7.61. The molecule has 1 fully saturated rings. The molecule has 0 atom stereocenters. The first-order chi connectivity index (χ1) is 7.88. The Morgan fingerprint density at radius 2 is 2.06 bits per heavy atom. The van der Waals surface area contributed by atoms with E-state index in [0.29, 0.717) is 0 Å². The summed E-state index contributed by atoms with van der Waals surface area (Å²) in [5.74, 6) is 1.70. The summed E-state index contributed by atoms with van der Waals surface area (Å²) in [4.78, 5) is 3.36. The lowest BCUT2D eigenvalue weighted by Crippen LogP contribution is -1.90. The summed E-state index contributed by atoms with van der Waals surface area (Å²) in [5.41, 5.74) is 2.70. The summed E-state index contributed by atoms with van der Waals surface area (Å²) in [6.45, 7) is 0. The second kappa shape index (κ2) is 3.85. The van der Waals surface area contributed by atoms with E-state index in [1.165, 1.54) is 42.1 Å². The summed E-state index contributed by atoms with van der Waals surface area (Å²) in [5, 5.41) is 1.34. The van der Waals surface area contributed by atoms with Crippen LogP contribution >= 0.6 is 0 Å². The number of hydrogen-bond donors (Lipinski definition) is 1. The van der Waals surface area contributed by atoms with Crippen LogP contribution in [-0.4, -0.2) is 12.1 Å². The minimum absolute atomic E-state index is 0.751. The van der Waals surface area contributed by atoms with Crippen molar-refractivity contribution in [1.29, 1.82) is 0 Å². The minimum Gasteiger partial charge on any atom is -0.497 e. The molecule has 0 radical (unpaired) electrons. The third-order valence-electron chi connectivity index (χ3n) is 3.72. The molecule has 0 amide bonds. The molecule has 0 aliphatic heterocycles. The van der Waals surface area contributed by atoms with Gasteiger partial charge in [0.05, 0.1) is 7.11 Å². The van der Waals surface area contributed by atoms with E-state index in [1.807, 2.05) is 6.07 Å². The van der Waals surface area contributed by atoms with Gasteiger partial charge < -0.3 is 9.72 Å². The molecule has 0 saturated heterocycles. The Kier molecular flexibility index (Phi) is 2.35. The molecule has 1 aliphatic rings. The first-order valence-electron chi connectivity index (χ1n) is 6.03. The maximum absolute atomic E-state index is 5.30. The zero-order valence-corrected chi connectivity index (χ0v) is 9.62. The van der Waals surface area contributed by atoms with Crippen molar-refractivity contribution < 1.29 is 4.74 Å². The average Bonchev–Trinajstić information content (AvgIpc) is 2.96. The first-order valence-corrected chi connectivity index (χ1v) is 6.03. The molecule has 16 heavy (non-hydrogen) atoms. The Morgan fingerprint density at radius 3 is 2.81 bits per heavy atom. The van der Waals surface area contributed by atoms with Crippen LogP contribution in [0.2, 0.25) is 0 Å². The van der Waals surface area contributed by atoms with Gasteiger partial charge in [0.2, 0.25) is 0 Å². The minimum atomic E-state index is 0.751. The molecule has 1 aromatic heterocycles. The van der Waals surface area contributed by atoms with Gasteiger partial charge in [-0.3, -0.25) is 0 Å². The molecular weight excluding hydrogens is 198 g/mol. The molecule has 1 heterocycles. The molecule has 1 aromatic carbocycles. The van der Waals surface area contributed by atoms with E-state index >= 15 is 0 Å². The predicted molar refractivity (Wildman–Crippen MR) is 66.1 cm³/mol. The van der Waals surface area contributed by atoms with Gasteiger partial charge in [-0.05, 0) is 42.5 Å². The van der Waals surface area contributed by atoms with Crippen LogP contribution < -0.4 is 4.74 Å². The summed E-state index contributed by atoms with van der Waals surface area (Å²) < 4.78 is 5.30. The topological polar surface area (TPSA) is 25.0 Å². The van der Waals surface area contributed by atoms with Crippen LogP contribution in [0.15, 0.2) is 24.4 Å². The SMILES string of the molecule is COc1ccc2[nH]cc(C3CCCC3)c2c1. The molecule has 2 nitrogen and oxygen atoms in total. The zero-order chi connectivity index (χ0) is 11.0. The lowest BCUT2D eigenvalue weighted by atomic mass is 9.97. The highest BCUT2D eigenvalue weighted by molar-refractivity contribution is 5.85. The number of ether oxygens (including phenoxy) is 1. The Morgan fingerprint density at radius 1 is 1.25 bits per heavy atom. The Balaban J connectivity index is 2.09. The number of aromatic nitrogens is 1. The van der Waals surface area contributed by atoms with Crippen LogP contribution in [0.3, 0.4) is 0 Å². The van der Waals surface area contributed by atoms with Crippen LogP contribution in [-0.2, 0) is 0 Å². The van der Waals surface area contributed by atoms with E-state index in [1.54, 1.807) is 7.11 Å². The Bertz CT molecular complexity index is 494. The highest BCUT2D eigenvalue weighted by Crippen LogP contribution is 2.38. The van der Waals surface area contributed by atoms with E-state index in [-0.39, 0.29) is 0 Å². The molecule has 2 heteroatoms. The standard InChI is InChI=1S/C14H17NO/c1-16-11-6-7-14-12(8-11)13(9-15-14)10-4-2-3-5-10/h6-10,15H,2-5H2,1H3. The van der Waals surface area contributed by atoms with E-state index < -0.39 is 0 Å². The van der Waals surface area contributed by atoms with Gasteiger partial charge in [0.1, 0.15) is 5.75 Å². The monoisotopic (exact) mass is 215 g/mol. The van der Waals surface area contributed by atoms with E-state index in [4.69, 9.17) is 4.74 Å². The summed E-state index contributed by atoms with van der Waals surface area (Å²) in [6, 6.07) is 6.27. The zero-order valence-electron chi connectivity index (χ0n) is 9.62. The van der Waals surface area contributed by atoms with Gasteiger partial charge in [-0.1, -0.05) is 12.8 Å². The molecule has 0 unspecified atom stereocenters. The van der Waals surface area contributed by atoms with Crippen LogP contribution in [0.5, 0.6) is 5.75 Å². The summed E-state index contributed by atoms with van der Waals surface area (Å²) >= 11 is 0. The van der Waals surface area contributed by atoms with E-state index in [0.717, 1.165) is 11.7 Å². The van der Waals surface area contributed by atoms with Crippen molar-refractivity contribution in [2.75, 3.05) is 7.11 Å². The lowest BCUT2D eigenvalue weighted by molar-refractivity contribution is 0.415. The number of benzene rings is 1. The quantitative estimate of drug-likeness (QED) is 0.809. The smallest absolute Gasteiger partial charge is 0.119 e. The van der Waals surface area contributed by atoms with E-state index in [2.05, 4.69) is 23.3 Å². The molecule has 2 aromatic rings. The number of methoxy groups -OCH3 is 1. The highest BCUT2D eigenvalue weighted by Gasteiger charge is 2.20. The predicted octanol–water partition coefficient (Wildman–Crippen LogP) is 3.83. The van der Waals surface area contributed by atoms with Gasteiger partial charge in [0.15, 0.2) is 0 Å². The highest BCUT2D eigenvalue weighted by atomic mass is 16.5. The number of fused-ring (bicyclic) bond motifs is 1. The molecule has 3 rings (SSSR count). The molecule has 1 saturated carbocycles. The Labute approximate surface area is 95.6 Å². The second-order valence-corrected chi connectivity index (χ2v) is 4.64. The summed E-state index contributed by atoms with van der Waals surface area (Å²) in [7, 11) is 1.73. The molecule has 1 aliphatic carbocycles. The lowest BCUT2D eigenvalue weighted by Gasteiger charge is -2.07. The van der Waals surface area contributed by atoms with Crippen molar-refractivity contribution in [3.8, 4) is 5.75 Å². The van der Waals surface area contributed by atoms with Crippen LogP contribution in [0.25, 0.3) is 10.9 Å². The Hall–Kier alpha value is -1.44. The van der Waals surface area contributed by atoms with Crippen LogP contribution in [0.4, 0.5) is 0 Å². The number of H-pyrrole nitrogens is 1. The van der Waals surface area contributed by atoms with Crippen molar-refractivity contribution in [3.05, 3.63) is 30.0 Å². The largest absolute Gasteiger partial charge is 0.497 e. The van der Waals surface area contributed by atoms with Crippen LogP contribution in [0.1, 0.15) is 37.2 Å². The fraction of sp³-hybridized carbons (Fsp3) is 0.429. The first kappa shape index (κ1) is 9.76. The van der Waals surface area contributed by atoms with Crippen molar-refractivity contribution in [2.45, 2.75) is 31.6 Å². The van der Waals surface area contributed by atoms with Crippen molar-refractivity contribution >= 4 is 10.9 Å². The molecule has 84 valence electrons. The average molecular weight is 215 g/mol. The normalized spacial score (nSPS) is 17.1. The molecule has 1 N–H and O–H groups in total. The number of rotatable bonds is 2. The second-order valence-electron chi connectivity index (χ2n) is 4.64. The fourth-order valence-electron chi connectivity index (χ4n) is 2.82. The number of hydrogen-bond acceptors (Lipinski definition) is 1. The van der Waals surface area contributed by atoms with Gasteiger partial charge >= 0.3 is 0 Å². The molecular formula is C14H17NO. The maximum atomic E-state index is 5.30. The number of nitrogens with one attached hydrogen (secondary N) is 1. The van der Waals surface area contributed by atoms with Gasteiger partial charge in [-0.15, -0.1) is 0 Å². The third kappa shape index (κ3) is 1.49. The molecule has 0 bridgehead atoms. The van der Waals surface area contributed by atoms with Crippen molar-refractivity contribution in [1.82, 2.24) is 4.98 Å². The fourth-order valence-corrected chi connectivity index (χ4v) is 2.82. The van der Waals surface area contributed by atoms with Crippen molar-refractivity contribution in [2.24, 2.45) is 0 Å². The third-order valence-corrected chi connectivity index (χ3v) is 3.72. The van der Waals surface area contributed by atoms with Gasteiger partial charge in [0.25, 0.3) is 0 Å². The van der Waals surface area contributed by atoms with Crippen LogP contribution in [0, 0.1) is 0 Å². The van der Waals surface area contributed by atoms with Gasteiger partial charge in [0, 0.05) is 17.1 Å². The molecule has 0 spiro atoms. The van der Waals surface area contributed by atoms with Gasteiger partial charge in [-0.2, -0.15) is 0 Å². The van der Waals surface area contributed by atoms with Crippen molar-refractivity contribution in [3.63, 3.8) is 0 Å².